The first-order valence-electron chi connectivity index (χ1n) is 15.4. The minimum atomic E-state index is 0.0988. The summed E-state index contributed by atoms with van der Waals surface area (Å²) in [7, 11) is 0. The lowest BCUT2D eigenvalue weighted by Crippen LogP contribution is -2.42. The number of hydrogen-bond donors (Lipinski definition) is 1. The molecule has 3 aromatic carbocycles. The molecule has 1 aromatic heterocycles. The summed E-state index contributed by atoms with van der Waals surface area (Å²) in [4.78, 5) is 24.1. The van der Waals surface area contributed by atoms with E-state index in [4.69, 9.17) is 14.5 Å². The van der Waals surface area contributed by atoms with Crippen LogP contribution < -0.4 is 14.8 Å². The largest absolute Gasteiger partial charge is 0.454 e. The minimum Gasteiger partial charge on any atom is -0.454 e. The Kier molecular flexibility index (Phi) is 7.43. The first kappa shape index (κ1) is 26.8. The first-order chi connectivity index (χ1) is 20.7. The van der Waals surface area contributed by atoms with Crippen molar-refractivity contribution in [2.24, 2.45) is 0 Å². The number of likely N-dealkylation sites (tertiary alicyclic amines) is 2. The van der Waals surface area contributed by atoms with Gasteiger partial charge in [0, 0.05) is 24.5 Å². The van der Waals surface area contributed by atoms with E-state index in [9.17, 15) is 4.79 Å². The molecule has 3 aliphatic heterocycles. The minimum absolute atomic E-state index is 0.0988. The van der Waals surface area contributed by atoms with Crippen molar-refractivity contribution in [1.29, 1.82) is 0 Å². The van der Waals surface area contributed by atoms with Crippen LogP contribution in [0.3, 0.4) is 0 Å². The maximum atomic E-state index is 14.4. The van der Waals surface area contributed by atoms with E-state index in [1.54, 1.807) is 0 Å². The molecule has 2 saturated heterocycles. The van der Waals surface area contributed by atoms with Crippen LogP contribution in [-0.4, -0.2) is 59.7 Å². The van der Waals surface area contributed by atoms with Gasteiger partial charge in [-0.3, -0.25) is 4.79 Å². The molecule has 7 heteroatoms. The van der Waals surface area contributed by atoms with E-state index in [0.717, 1.165) is 84.8 Å². The maximum Gasteiger partial charge on any atom is 0.254 e. The average molecular weight is 563 g/mol. The fourth-order valence-electron chi connectivity index (χ4n) is 6.73. The number of carbonyl (C=O) groups excluding carboxylic acids is 1. The quantitative estimate of drug-likeness (QED) is 0.252. The number of carbonyl (C=O) groups is 1. The second-order valence-electron chi connectivity index (χ2n) is 11.7. The van der Waals surface area contributed by atoms with Crippen molar-refractivity contribution in [1.82, 2.24) is 14.8 Å². The SMILES string of the molecule is CCC(Nc1cc(C(=O)N2CCC[C@H]2CN2CCCC2)c2cc(-c3ccc4c(c3)OCO4)ccc2n1)c1ccccc1. The van der Waals surface area contributed by atoms with Gasteiger partial charge in [0.15, 0.2) is 11.5 Å². The van der Waals surface area contributed by atoms with Gasteiger partial charge in [-0.1, -0.05) is 49.4 Å². The normalized spacial score (nSPS) is 19.0. The summed E-state index contributed by atoms with van der Waals surface area (Å²) in [6.45, 7) is 6.46. The highest BCUT2D eigenvalue weighted by Crippen LogP contribution is 2.37. The lowest BCUT2D eigenvalue weighted by molar-refractivity contribution is 0.0710. The second kappa shape index (κ2) is 11.6. The molecular formula is C35H38N4O3. The van der Waals surface area contributed by atoms with Gasteiger partial charge < -0.3 is 24.6 Å². The zero-order valence-electron chi connectivity index (χ0n) is 24.2. The fourth-order valence-corrected chi connectivity index (χ4v) is 6.73. The molecule has 1 unspecified atom stereocenters. The van der Waals surface area contributed by atoms with Crippen LogP contribution in [0.2, 0.25) is 0 Å². The van der Waals surface area contributed by atoms with Crippen LogP contribution in [0.5, 0.6) is 11.5 Å². The molecule has 1 amide bonds. The number of rotatable bonds is 8. The summed E-state index contributed by atoms with van der Waals surface area (Å²) in [6.07, 6.45) is 5.53. The van der Waals surface area contributed by atoms with Crippen LogP contribution in [0, 0.1) is 0 Å². The van der Waals surface area contributed by atoms with Crippen molar-refractivity contribution in [3.05, 3.63) is 83.9 Å². The molecule has 2 atom stereocenters. The molecule has 0 aliphatic carbocycles. The molecule has 0 saturated carbocycles. The summed E-state index contributed by atoms with van der Waals surface area (Å²) in [6, 6.07) is 25.0. The number of hydrogen-bond acceptors (Lipinski definition) is 6. The van der Waals surface area contributed by atoms with Gasteiger partial charge in [0.1, 0.15) is 5.82 Å². The third-order valence-electron chi connectivity index (χ3n) is 8.98. The lowest BCUT2D eigenvalue weighted by atomic mass is 9.99. The average Bonchev–Trinajstić information content (AvgIpc) is 3.82. The van der Waals surface area contributed by atoms with Gasteiger partial charge in [0.25, 0.3) is 5.91 Å². The number of nitrogens with one attached hydrogen (secondary N) is 1. The van der Waals surface area contributed by atoms with Crippen molar-refractivity contribution in [3.63, 3.8) is 0 Å². The molecule has 7 rings (SSSR count). The van der Waals surface area contributed by atoms with Crippen LogP contribution in [0.4, 0.5) is 5.82 Å². The fraction of sp³-hybridized carbons (Fsp3) is 0.371. The van der Waals surface area contributed by atoms with Crippen LogP contribution in [-0.2, 0) is 0 Å². The van der Waals surface area contributed by atoms with E-state index < -0.39 is 0 Å². The molecule has 7 nitrogen and oxygen atoms in total. The Morgan fingerprint density at radius 2 is 1.71 bits per heavy atom. The summed E-state index contributed by atoms with van der Waals surface area (Å²) < 4.78 is 11.2. The Bertz CT molecular complexity index is 1580. The molecule has 1 N–H and O–H groups in total. The Labute approximate surface area is 247 Å². The number of fused-ring (bicyclic) bond motifs is 2. The molecule has 216 valence electrons. The van der Waals surface area contributed by atoms with E-state index in [2.05, 4.69) is 58.4 Å². The molecular weight excluding hydrogens is 524 g/mol. The number of amides is 1. The van der Waals surface area contributed by atoms with E-state index in [0.29, 0.717) is 5.56 Å². The van der Waals surface area contributed by atoms with Gasteiger partial charge in [-0.15, -0.1) is 0 Å². The highest BCUT2D eigenvalue weighted by molar-refractivity contribution is 6.08. The molecule has 42 heavy (non-hydrogen) atoms. The van der Waals surface area contributed by atoms with Gasteiger partial charge in [0.05, 0.1) is 17.1 Å². The second-order valence-corrected chi connectivity index (χ2v) is 11.7. The number of aromatic nitrogens is 1. The predicted octanol–water partition coefficient (Wildman–Crippen LogP) is 6.89. The molecule has 0 radical (unpaired) electrons. The monoisotopic (exact) mass is 562 g/mol. The lowest BCUT2D eigenvalue weighted by Gasteiger charge is -2.29. The molecule has 2 fully saturated rings. The van der Waals surface area contributed by atoms with Gasteiger partial charge in [0.2, 0.25) is 6.79 Å². The third kappa shape index (κ3) is 5.29. The highest BCUT2D eigenvalue weighted by atomic mass is 16.7. The standard InChI is InChI=1S/C35H38N4O3/c1-2-30(24-9-4-3-5-10-24)36-34-21-29(35(40)39-18-8-11-27(39)22-38-16-6-7-17-38)28-19-25(12-14-31(28)37-34)26-13-15-32-33(20-26)42-23-41-32/h3-5,9-10,12-15,19-21,27,30H,2,6-8,11,16-18,22-23H2,1H3,(H,36,37)/t27-,30?/m0/s1. The summed E-state index contributed by atoms with van der Waals surface area (Å²) in [5.74, 6) is 2.33. The van der Waals surface area contributed by atoms with Gasteiger partial charge in [-0.25, -0.2) is 4.98 Å². The van der Waals surface area contributed by atoms with E-state index in [1.165, 1.54) is 18.4 Å². The summed E-state index contributed by atoms with van der Waals surface area (Å²) in [5.41, 5.74) is 4.76. The van der Waals surface area contributed by atoms with Crippen LogP contribution in [0.15, 0.2) is 72.8 Å². The number of benzene rings is 3. The number of ether oxygens (including phenoxy) is 2. The zero-order valence-corrected chi connectivity index (χ0v) is 24.2. The Hall–Kier alpha value is -4.10. The summed E-state index contributed by atoms with van der Waals surface area (Å²) in [5, 5.41) is 4.52. The zero-order chi connectivity index (χ0) is 28.5. The number of nitrogens with zero attached hydrogens (tertiary/aromatic N) is 3. The van der Waals surface area contributed by atoms with Gasteiger partial charge in [-0.2, -0.15) is 0 Å². The first-order valence-corrected chi connectivity index (χ1v) is 15.4. The molecule has 0 spiro atoms. The number of pyridine rings is 1. The van der Waals surface area contributed by atoms with Crippen molar-refractivity contribution >= 4 is 22.6 Å². The third-order valence-corrected chi connectivity index (χ3v) is 8.98. The van der Waals surface area contributed by atoms with E-state index >= 15 is 0 Å². The topological polar surface area (TPSA) is 66.9 Å². The molecule has 4 heterocycles. The van der Waals surface area contributed by atoms with E-state index in [1.807, 2.05) is 36.4 Å². The van der Waals surface area contributed by atoms with Gasteiger partial charge in [-0.05, 0) is 92.2 Å². The van der Waals surface area contributed by atoms with Crippen molar-refractivity contribution < 1.29 is 14.3 Å². The van der Waals surface area contributed by atoms with Gasteiger partial charge >= 0.3 is 0 Å². The van der Waals surface area contributed by atoms with Crippen LogP contribution in [0.25, 0.3) is 22.0 Å². The van der Waals surface area contributed by atoms with Crippen molar-refractivity contribution in [3.8, 4) is 22.6 Å². The Morgan fingerprint density at radius 1 is 0.929 bits per heavy atom. The molecule has 3 aliphatic rings. The maximum absolute atomic E-state index is 14.4. The van der Waals surface area contributed by atoms with Crippen molar-refractivity contribution in [2.45, 2.75) is 51.1 Å². The van der Waals surface area contributed by atoms with E-state index in [-0.39, 0.29) is 24.8 Å². The predicted molar refractivity (Wildman–Crippen MR) is 166 cm³/mol. The molecule has 0 bridgehead atoms. The summed E-state index contributed by atoms with van der Waals surface area (Å²) >= 11 is 0. The smallest absolute Gasteiger partial charge is 0.254 e. The van der Waals surface area contributed by atoms with Crippen LogP contribution >= 0.6 is 0 Å². The Balaban J connectivity index is 1.27. The number of anilines is 1. The highest BCUT2D eigenvalue weighted by Gasteiger charge is 2.32. The van der Waals surface area contributed by atoms with Crippen LogP contribution in [0.1, 0.15) is 61.0 Å². The molecule has 4 aromatic rings. The Morgan fingerprint density at radius 3 is 2.55 bits per heavy atom. The van der Waals surface area contributed by atoms with Crippen molar-refractivity contribution in [2.75, 3.05) is 38.3 Å².